The quantitative estimate of drug-likeness (QED) is 0.126. The molecule has 0 fully saturated rings. The molecule has 1 N–H and O–H groups in total. The first-order valence-electron chi connectivity index (χ1n) is 16.5. The summed E-state index contributed by atoms with van der Waals surface area (Å²) in [6.45, 7) is 8.10. The first-order valence-corrected chi connectivity index (χ1v) is 17.3. The highest BCUT2D eigenvalue weighted by molar-refractivity contribution is 7.22. The standard InChI is InChI=1S/C39H41F2N3O4S/c1-6-28(7-2)48-39(47)31-23-44(22-29-32(40)14-11-15-33(29)41)38-34(35(31)45)30(21-43(5)20-25-12-9-8-10-13-25)36(49-38)26-16-18-27(19-17-26)42-37(46)24(3)4/h8-19,23-24,28H,6-7,20-22H2,1-5H3,(H,42,46). The van der Waals surface area contributed by atoms with Crippen molar-refractivity contribution < 1.29 is 23.1 Å². The summed E-state index contributed by atoms with van der Waals surface area (Å²) < 4.78 is 37.3. The van der Waals surface area contributed by atoms with E-state index in [4.69, 9.17) is 4.74 Å². The maximum atomic E-state index is 15.0. The van der Waals surface area contributed by atoms with Crippen molar-refractivity contribution in [3.63, 3.8) is 0 Å². The van der Waals surface area contributed by atoms with Crippen LogP contribution in [0.3, 0.4) is 0 Å². The first-order chi connectivity index (χ1) is 23.5. The van der Waals surface area contributed by atoms with Gasteiger partial charge < -0.3 is 14.6 Å². The summed E-state index contributed by atoms with van der Waals surface area (Å²) >= 11 is 1.32. The number of amides is 1. The highest BCUT2D eigenvalue weighted by atomic mass is 32.1. The minimum atomic E-state index is -0.773. The lowest BCUT2D eigenvalue weighted by atomic mass is 10.0. The van der Waals surface area contributed by atoms with Crippen LogP contribution in [0, 0.1) is 17.6 Å². The molecule has 49 heavy (non-hydrogen) atoms. The van der Waals surface area contributed by atoms with Gasteiger partial charge in [-0.2, -0.15) is 0 Å². The van der Waals surface area contributed by atoms with E-state index >= 15 is 8.78 Å². The Bertz CT molecular complexity index is 1980. The van der Waals surface area contributed by atoms with Gasteiger partial charge in [0, 0.05) is 41.3 Å². The molecule has 0 radical (unpaired) electrons. The van der Waals surface area contributed by atoms with E-state index in [1.54, 1.807) is 16.7 Å². The molecule has 0 spiro atoms. The van der Waals surface area contributed by atoms with Crippen molar-refractivity contribution in [2.75, 3.05) is 12.4 Å². The fraction of sp³-hybridized carbons (Fsp3) is 0.308. The average molecular weight is 686 g/mol. The number of anilines is 1. The lowest BCUT2D eigenvalue weighted by molar-refractivity contribution is -0.118. The van der Waals surface area contributed by atoms with E-state index in [2.05, 4.69) is 10.2 Å². The summed E-state index contributed by atoms with van der Waals surface area (Å²) in [7, 11) is 1.95. The van der Waals surface area contributed by atoms with Gasteiger partial charge in [0.2, 0.25) is 11.3 Å². The van der Waals surface area contributed by atoms with Gasteiger partial charge in [-0.25, -0.2) is 13.6 Å². The summed E-state index contributed by atoms with van der Waals surface area (Å²) in [6.07, 6.45) is 2.13. The molecule has 7 nitrogen and oxygen atoms in total. The van der Waals surface area contributed by atoms with Gasteiger partial charge in [-0.15, -0.1) is 11.3 Å². The van der Waals surface area contributed by atoms with Crippen molar-refractivity contribution in [1.82, 2.24) is 9.47 Å². The molecule has 3 aromatic carbocycles. The SMILES string of the molecule is CCC(CC)OC(=O)c1cn(Cc2c(F)cccc2F)c2sc(-c3ccc(NC(=O)C(C)C)cc3)c(CN(C)Cc3ccccc3)c2c1=O. The third-order valence-electron chi connectivity index (χ3n) is 8.46. The zero-order chi connectivity index (χ0) is 35.2. The van der Waals surface area contributed by atoms with Crippen LogP contribution in [0.2, 0.25) is 0 Å². The second-order valence-electron chi connectivity index (χ2n) is 12.5. The molecule has 0 bridgehead atoms. The van der Waals surface area contributed by atoms with Crippen LogP contribution >= 0.6 is 11.3 Å². The van der Waals surface area contributed by atoms with E-state index in [0.717, 1.165) is 16.0 Å². The minimum Gasteiger partial charge on any atom is -0.459 e. The Labute approximate surface area is 289 Å². The maximum Gasteiger partial charge on any atom is 0.343 e. The van der Waals surface area contributed by atoms with E-state index in [9.17, 15) is 14.4 Å². The first kappa shape index (κ1) is 35.6. The summed E-state index contributed by atoms with van der Waals surface area (Å²) in [4.78, 5) is 43.6. The zero-order valence-corrected chi connectivity index (χ0v) is 29.2. The highest BCUT2D eigenvalue weighted by Gasteiger charge is 2.26. The van der Waals surface area contributed by atoms with Gasteiger partial charge in [-0.3, -0.25) is 14.5 Å². The van der Waals surface area contributed by atoms with E-state index in [1.807, 2.05) is 77.2 Å². The fourth-order valence-corrected chi connectivity index (χ4v) is 6.97. The number of ether oxygens (including phenoxy) is 1. The van der Waals surface area contributed by atoms with Gasteiger partial charge in [0.05, 0.1) is 11.9 Å². The molecular formula is C39H41F2N3O4S. The Kier molecular flexibility index (Phi) is 11.4. The van der Waals surface area contributed by atoms with Crippen molar-refractivity contribution in [2.45, 2.75) is 66.3 Å². The third-order valence-corrected chi connectivity index (χ3v) is 9.78. The number of aromatic nitrogens is 1. The number of rotatable bonds is 13. The molecule has 0 atom stereocenters. The Balaban J connectivity index is 1.72. The van der Waals surface area contributed by atoms with E-state index in [0.29, 0.717) is 47.4 Å². The molecule has 5 rings (SSSR count). The van der Waals surface area contributed by atoms with E-state index in [-0.39, 0.29) is 35.6 Å². The zero-order valence-electron chi connectivity index (χ0n) is 28.4. The molecule has 0 aliphatic heterocycles. The number of nitrogens with one attached hydrogen (secondary N) is 1. The van der Waals surface area contributed by atoms with Crippen molar-refractivity contribution >= 4 is 39.1 Å². The number of fused-ring (bicyclic) bond motifs is 1. The van der Waals surface area contributed by atoms with Crippen LogP contribution in [0.4, 0.5) is 14.5 Å². The van der Waals surface area contributed by atoms with Crippen molar-refractivity contribution in [3.8, 4) is 10.4 Å². The third kappa shape index (κ3) is 8.14. The second-order valence-corrected chi connectivity index (χ2v) is 13.5. The molecule has 10 heteroatoms. The number of carbonyl (C=O) groups is 2. The van der Waals surface area contributed by atoms with Crippen LogP contribution in [-0.4, -0.2) is 34.5 Å². The summed E-state index contributed by atoms with van der Waals surface area (Å²) in [6, 6.07) is 20.9. The molecule has 2 heterocycles. The Morgan fingerprint density at radius 1 is 0.898 bits per heavy atom. The normalized spacial score (nSPS) is 11.6. The van der Waals surface area contributed by atoms with Crippen molar-refractivity contribution in [2.24, 2.45) is 5.92 Å². The Hall–Kier alpha value is -4.67. The number of hydrogen-bond donors (Lipinski definition) is 1. The molecule has 0 saturated heterocycles. The number of carbonyl (C=O) groups excluding carboxylic acids is 2. The Morgan fingerprint density at radius 2 is 1.55 bits per heavy atom. The number of pyridine rings is 1. The van der Waals surface area contributed by atoms with Gasteiger partial charge in [0.25, 0.3) is 0 Å². The molecule has 2 aromatic heterocycles. The number of hydrogen-bond acceptors (Lipinski definition) is 6. The number of esters is 1. The molecular weight excluding hydrogens is 645 g/mol. The smallest absolute Gasteiger partial charge is 0.343 e. The van der Waals surface area contributed by atoms with Crippen molar-refractivity contribution in [3.05, 3.63) is 123 Å². The van der Waals surface area contributed by atoms with Gasteiger partial charge in [0.15, 0.2) is 0 Å². The number of benzene rings is 3. The molecule has 0 aliphatic rings. The fourth-order valence-electron chi connectivity index (χ4n) is 5.68. The molecule has 1 amide bonds. The van der Waals surface area contributed by atoms with Crippen LogP contribution < -0.4 is 10.7 Å². The van der Waals surface area contributed by atoms with Crippen LogP contribution in [0.25, 0.3) is 20.7 Å². The molecule has 0 aliphatic carbocycles. The number of nitrogens with zero attached hydrogens (tertiary/aromatic N) is 2. The summed E-state index contributed by atoms with van der Waals surface area (Å²) in [5, 5.41) is 3.20. The Morgan fingerprint density at radius 3 is 2.16 bits per heavy atom. The van der Waals surface area contributed by atoms with Crippen LogP contribution in [0.1, 0.15) is 67.6 Å². The topological polar surface area (TPSA) is 80.6 Å². The van der Waals surface area contributed by atoms with E-state index < -0.39 is 23.0 Å². The lowest BCUT2D eigenvalue weighted by Crippen LogP contribution is -2.25. The van der Waals surface area contributed by atoms with Gasteiger partial charge >= 0.3 is 5.97 Å². The summed E-state index contributed by atoms with van der Waals surface area (Å²) in [5.41, 5.74) is 2.31. The minimum absolute atomic E-state index is 0.108. The van der Waals surface area contributed by atoms with Crippen LogP contribution in [0.5, 0.6) is 0 Å². The molecule has 256 valence electrons. The predicted octanol–water partition coefficient (Wildman–Crippen LogP) is 8.63. The van der Waals surface area contributed by atoms with Crippen LogP contribution in [-0.2, 0) is 29.2 Å². The summed E-state index contributed by atoms with van der Waals surface area (Å²) in [5.74, 6) is -2.53. The highest BCUT2D eigenvalue weighted by Crippen LogP contribution is 2.39. The monoisotopic (exact) mass is 685 g/mol. The number of halogens is 2. The lowest BCUT2D eigenvalue weighted by Gasteiger charge is -2.18. The predicted molar refractivity (Wildman–Crippen MR) is 192 cm³/mol. The van der Waals surface area contributed by atoms with Gasteiger partial charge in [0.1, 0.15) is 28.1 Å². The molecule has 0 unspecified atom stereocenters. The van der Waals surface area contributed by atoms with Gasteiger partial charge in [-0.1, -0.05) is 76.2 Å². The number of thiophene rings is 1. The van der Waals surface area contributed by atoms with Gasteiger partial charge in [-0.05, 0) is 60.8 Å². The maximum absolute atomic E-state index is 15.0. The van der Waals surface area contributed by atoms with Crippen molar-refractivity contribution in [1.29, 1.82) is 0 Å². The molecule has 0 saturated carbocycles. The average Bonchev–Trinajstić information content (AvgIpc) is 3.46. The second kappa shape index (κ2) is 15.7. The largest absolute Gasteiger partial charge is 0.459 e. The molecule has 5 aromatic rings. The van der Waals surface area contributed by atoms with Crippen LogP contribution in [0.15, 0.2) is 83.8 Å². The van der Waals surface area contributed by atoms with E-state index in [1.165, 1.54) is 35.7 Å².